The number of carboxylic acids is 1. The Morgan fingerprint density at radius 1 is 1.37 bits per heavy atom. The van der Waals surface area contributed by atoms with Gasteiger partial charge in [-0.1, -0.05) is 19.1 Å². The number of hydrogen-bond acceptors (Lipinski definition) is 3. The molecule has 1 aromatic rings. The molecule has 1 aromatic carbocycles. The van der Waals surface area contributed by atoms with Crippen LogP contribution in [0, 0.1) is 0 Å². The number of ether oxygens (including phenoxy) is 1. The average molecular weight is 265 g/mol. The van der Waals surface area contributed by atoms with Crippen molar-refractivity contribution in [1.29, 1.82) is 0 Å². The smallest absolute Gasteiger partial charge is 0.325 e. The summed E-state index contributed by atoms with van der Waals surface area (Å²) < 4.78 is 5.13. The van der Waals surface area contributed by atoms with E-state index in [9.17, 15) is 9.59 Å². The molecule has 0 fully saturated rings. The molecule has 0 aliphatic heterocycles. The van der Waals surface area contributed by atoms with Gasteiger partial charge in [0.2, 0.25) is 5.91 Å². The van der Waals surface area contributed by atoms with Crippen LogP contribution in [0.1, 0.15) is 31.7 Å². The molecular weight excluding hydrogens is 246 g/mol. The van der Waals surface area contributed by atoms with Crippen molar-refractivity contribution >= 4 is 11.9 Å². The first-order chi connectivity index (χ1) is 8.93. The number of nitrogens with one attached hydrogen (secondary N) is 1. The summed E-state index contributed by atoms with van der Waals surface area (Å²) in [6.45, 7) is 3.36. The first kappa shape index (κ1) is 15.0. The van der Waals surface area contributed by atoms with Crippen molar-refractivity contribution in [2.75, 3.05) is 7.11 Å². The minimum Gasteiger partial charge on any atom is -0.497 e. The highest BCUT2D eigenvalue weighted by Gasteiger charge is 2.17. The number of hydrogen-bond donors (Lipinski definition) is 2. The second kappa shape index (κ2) is 6.78. The van der Waals surface area contributed by atoms with E-state index < -0.39 is 12.0 Å². The van der Waals surface area contributed by atoms with Gasteiger partial charge >= 0.3 is 5.97 Å². The Hall–Kier alpha value is -2.04. The molecule has 0 bridgehead atoms. The molecule has 0 heterocycles. The predicted molar refractivity (Wildman–Crippen MR) is 71.3 cm³/mol. The molecule has 1 amide bonds. The Labute approximate surface area is 112 Å². The van der Waals surface area contributed by atoms with E-state index in [0.29, 0.717) is 0 Å². The van der Waals surface area contributed by atoms with Crippen molar-refractivity contribution in [2.45, 2.75) is 32.2 Å². The van der Waals surface area contributed by atoms with Crippen LogP contribution < -0.4 is 10.1 Å². The van der Waals surface area contributed by atoms with Crippen LogP contribution in [0.2, 0.25) is 0 Å². The number of benzene rings is 1. The average Bonchev–Trinajstić information content (AvgIpc) is 2.38. The molecule has 1 rings (SSSR count). The Bertz CT molecular complexity index is 459. The first-order valence-corrected chi connectivity index (χ1v) is 6.10. The number of aliphatic carboxylic acids is 1. The summed E-state index contributed by atoms with van der Waals surface area (Å²) in [5.74, 6) is -0.577. The Balaban J connectivity index is 2.61. The van der Waals surface area contributed by atoms with Crippen molar-refractivity contribution in [3.8, 4) is 5.75 Å². The maximum Gasteiger partial charge on any atom is 0.325 e. The van der Waals surface area contributed by atoms with E-state index in [4.69, 9.17) is 9.84 Å². The molecule has 0 saturated heterocycles. The molecule has 0 aromatic heterocycles. The normalized spacial score (nSPS) is 13.4. The van der Waals surface area contributed by atoms with Crippen LogP contribution in [0.4, 0.5) is 0 Å². The molecular formula is C14H19NO4. The van der Waals surface area contributed by atoms with Gasteiger partial charge in [-0.05, 0) is 30.5 Å². The van der Waals surface area contributed by atoms with E-state index in [1.807, 2.05) is 31.2 Å². The number of methoxy groups -OCH3 is 1. The van der Waals surface area contributed by atoms with Gasteiger partial charge in [0.15, 0.2) is 0 Å². The van der Waals surface area contributed by atoms with Crippen molar-refractivity contribution in [2.24, 2.45) is 0 Å². The highest BCUT2D eigenvalue weighted by Crippen LogP contribution is 2.23. The van der Waals surface area contributed by atoms with Crippen LogP contribution in [0.3, 0.4) is 0 Å². The van der Waals surface area contributed by atoms with Crippen LogP contribution in [-0.2, 0) is 9.59 Å². The summed E-state index contributed by atoms with van der Waals surface area (Å²) in [7, 11) is 1.59. The standard InChI is InChI=1S/C14H19NO4/c1-9(7-13(16)15-10(2)14(17)18)11-5-4-6-12(8-11)19-3/h4-6,8-10H,7H2,1-3H3,(H,15,16)(H,17,18)/t9?,10-/m1/s1. The molecule has 5 heteroatoms. The van der Waals surface area contributed by atoms with Crippen molar-refractivity contribution < 1.29 is 19.4 Å². The van der Waals surface area contributed by atoms with E-state index >= 15 is 0 Å². The van der Waals surface area contributed by atoms with E-state index in [1.54, 1.807) is 7.11 Å². The van der Waals surface area contributed by atoms with Crippen LogP contribution in [0.25, 0.3) is 0 Å². The quantitative estimate of drug-likeness (QED) is 0.822. The molecule has 2 N–H and O–H groups in total. The highest BCUT2D eigenvalue weighted by atomic mass is 16.5. The molecule has 5 nitrogen and oxygen atoms in total. The van der Waals surface area contributed by atoms with E-state index in [1.165, 1.54) is 6.92 Å². The Morgan fingerprint density at radius 2 is 2.05 bits per heavy atom. The highest BCUT2D eigenvalue weighted by molar-refractivity contribution is 5.83. The van der Waals surface area contributed by atoms with Gasteiger partial charge in [-0.15, -0.1) is 0 Å². The third kappa shape index (κ3) is 4.62. The molecule has 0 spiro atoms. The largest absolute Gasteiger partial charge is 0.497 e. The maximum atomic E-state index is 11.7. The lowest BCUT2D eigenvalue weighted by Gasteiger charge is -2.14. The van der Waals surface area contributed by atoms with Gasteiger partial charge in [-0.25, -0.2) is 0 Å². The fourth-order valence-corrected chi connectivity index (χ4v) is 1.71. The minimum absolute atomic E-state index is 0.00362. The number of carboxylic acid groups (broad SMARTS) is 1. The lowest BCUT2D eigenvalue weighted by molar-refractivity contribution is -0.141. The molecule has 0 radical (unpaired) electrons. The van der Waals surface area contributed by atoms with Crippen molar-refractivity contribution in [3.63, 3.8) is 0 Å². The van der Waals surface area contributed by atoms with Crippen LogP contribution >= 0.6 is 0 Å². The van der Waals surface area contributed by atoms with Gasteiger partial charge in [-0.3, -0.25) is 9.59 Å². The molecule has 0 aliphatic carbocycles. The van der Waals surface area contributed by atoms with Crippen LogP contribution in [0.5, 0.6) is 5.75 Å². The van der Waals surface area contributed by atoms with E-state index in [0.717, 1.165) is 11.3 Å². The summed E-state index contributed by atoms with van der Waals surface area (Å²) in [6.07, 6.45) is 0.241. The third-order valence-electron chi connectivity index (χ3n) is 2.90. The van der Waals surface area contributed by atoms with Gasteiger partial charge < -0.3 is 15.2 Å². The lowest BCUT2D eigenvalue weighted by atomic mass is 9.97. The Morgan fingerprint density at radius 3 is 2.63 bits per heavy atom. The van der Waals surface area contributed by atoms with Gasteiger partial charge in [-0.2, -0.15) is 0 Å². The SMILES string of the molecule is COc1cccc(C(C)CC(=O)N[C@H](C)C(=O)O)c1. The topological polar surface area (TPSA) is 75.6 Å². The number of rotatable bonds is 6. The van der Waals surface area contributed by atoms with E-state index in [-0.39, 0.29) is 18.2 Å². The zero-order chi connectivity index (χ0) is 14.4. The summed E-state index contributed by atoms with van der Waals surface area (Å²) in [5.41, 5.74) is 0.984. The molecule has 104 valence electrons. The van der Waals surface area contributed by atoms with Crippen LogP contribution in [-0.4, -0.2) is 30.1 Å². The second-order valence-corrected chi connectivity index (χ2v) is 4.51. The van der Waals surface area contributed by atoms with Crippen molar-refractivity contribution in [3.05, 3.63) is 29.8 Å². The number of carbonyl (C=O) groups excluding carboxylic acids is 1. The van der Waals surface area contributed by atoms with Gasteiger partial charge in [0.25, 0.3) is 0 Å². The summed E-state index contributed by atoms with van der Waals surface area (Å²) >= 11 is 0. The third-order valence-corrected chi connectivity index (χ3v) is 2.90. The molecule has 0 aliphatic rings. The van der Waals surface area contributed by atoms with Crippen LogP contribution in [0.15, 0.2) is 24.3 Å². The maximum absolute atomic E-state index is 11.7. The van der Waals surface area contributed by atoms with Gasteiger partial charge in [0.05, 0.1) is 7.11 Å². The fraction of sp³-hybridized carbons (Fsp3) is 0.429. The van der Waals surface area contributed by atoms with Gasteiger partial charge in [0, 0.05) is 6.42 Å². The summed E-state index contributed by atoms with van der Waals surface area (Å²) in [4.78, 5) is 22.3. The minimum atomic E-state index is -1.04. The lowest BCUT2D eigenvalue weighted by Crippen LogP contribution is -2.38. The van der Waals surface area contributed by atoms with E-state index in [2.05, 4.69) is 5.32 Å². The molecule has 19 heavy (non-hydrogen) atoms. The monoisotopic (exact) mass is 265 g/mol. The van der Waals surface area contributed by atoms with Gasteiger partial charge in [0.1, 0.15) is 11.8 Å². The van der Waals surface area contributed by atoms with Crippen molar-refractivity contribution in [1.82, 2.24) is 5.32 Å². The Kier molecular flexibility index (Phi) is 5.36. The first-order valence-electron chi connectivity index (χ1n) is 6.10. The summed E-state index contributed by atoms with van der Waals surface area (Å²) in [6, 6.07) is 6.62. The molecule has 1 unspecified atom stereocenters. The summed E-state index contributed by atoms with van der Waals surface area (Å²) in [5, 5.41) is 11.2. The molecule has 0 saturated carbocycles. The number of amides is 1. The second-order valence-electron chi connectivity index (χ2n) is 4.51. The number of carbonyl (C=O) groups is 2. The zero-order valence-corrected chi connectivity index (χ0v) is 11.3. The zero-order valence-electron chi connectivity index (χ0n) is 11.3. The predicted octanol–water partition coefficient (Wildman–Crippen LogP) is 1.78. The fourth-order valence-electron chi connectivity index (χ4n) is 1.71. The molecule has 2 atom stereocenters.